The van der Waals surface area contributed by atoms with E-state index in [1.165, 1.54) is 4.90 Å². The van der Waals surface area contributed by atoms with Crippen molar-refractivity contribution < 1.29 is 19.1 Å². The number of ether oxygens (including phenoxy) is 2. The van der Waals surface area contributed by atoms with Crippen LogP contribution in [0.4, 0.5) is 4.79 Å². The zero-order valence-electron chi connectivity index (χ0n) is 10.5. The Balaban J connectivity index is 1.60. The van der Waals surface area contributed by atoms with Crippen LogP contribution in [0.5, 0.6) is 0 Å². The van der Waals surface area contributed by atoms with Gasteiger partial charge >= 0.3 is 12.1 Å². The maximum Gasteiger partial charge on any atom is 0.410 e. The van der Waals surface area contributed by atoms with Crippen molar-refractivity contribution in [2.24, 2.45) is 0 Å². The minimum atomic E-state index is -0.465. The van der Waals surface area contributed by atoms with Gasteiger partial charge in [0, 0.05) is 0 Å². The van der Waals surface area contributed by atoms with Gasteiger partial charge in [-0.1, -0.05) is 30.3 Å². The summed E-state index contributed by atoms with van der Waals surface area (Å²) in [6, 6.07) is 9.01. The van der Waals surface area contributed by atoms with Gasteiger partial charge in [0.2, 0.25) is 0 Å². The first kappa shape index (κ1) is 12.0. The van der Waals surface area contributed by atoms with Crippen molar-refractivity contribution >= 4 is 12.1 Å². The summed E-state index contributed by atoms with van der Waals surface area (Å²) in [6.07, 6.45) is 0.903. The van der Waals surface area contributed by atoms with Crippen molar-refractivity contribution in [3.8, 4) is 0 Å². The van der Waals surface area contributed by atoms with Gasteiger partial charge in [-0.25, -0.2) is 9.59 Å². The number of rotatable bonds is 2. The van der Waals surface area contributed by atoms with Crippen LogP contribution in [0.2, 0.25) is 0 Å². The Morgan fingerprint density at radius 1 is 1.32 bits per heavy atom. The van der Waals surface area contributed by atoms with Crippen LogP contribution in [0.25, 0.3) is 0 Å². The van der Waals surface area contributed by atoms with Gasteiger partial charge < -0.3 is 9.47 Å². The molecule has 100 valence electrons. The van der Waals surface area contributed by atoms with Crippen LogP contribution in [-0.4, -0.2) is 35.7 Å². The average molecular weight is 261 g/mol. The van der Waals surface area contributed by atoms with Crippen LogP contribution in [-0.2, 0) is 20.9 Å². The monoisotopic (exact) mass is 261 g/mol. The van der Waals surface area contributed by atoms with E-state index in [2.05, 4.69) is 0 Å². The Kier molecular flexibility index (Phi) is 3.11. The molecule has 0 saturated carbocycles. The molecule has 5 heteroatoms. The van der Waals surface area contributed by atoms with Crippen LogP contribution in [0.15, 0.2) is 30.3 Å². The van der Waals surface area contributed by atoms with Crippen LogP contribution in [0, 0.1) is 0 Å². The molecule has 3 fully saturated rings. The van der Waals surface area contributed by atoms with Gasteiger partial charge in [0.05, 0.1) is 6.54 Å². The number of carbonyl (C=O) groups is 2. The minimum absolute atomic E-state index is 0.165. The SMILES string of the molecule is O=C1OC2CCC1N(C(=O)OCc1ccccc1)C2. The molecule has 0 aliphatic carbocycles. The molecule has 5 nitrogen and oxygen atoms in total. The zero-order chi connectivity index (χ0) is 13.2. The Hall–Kier alpha value is -2.04. The van der Waals surface area contributed by atoms with E-state index in [-0.39, 0.29) is 18.7 Å². The van der Waals surface area contributed by atoms with Gasteiger partial charge in [0.1, 0.15) is 18.8 Å². The molecule has 3 heterocycles. The maximum absolute atomic E-state index is 12.0. The van der Waals surface area contributed by atoms with Crippen molar-refractivity contribution in [2.45, 2.75) is 31.6 Å². The Morgan fingerprint density at radius 3 is 2.79 bits per heavy atom. The number of amides is 1. The average Bonchev–Trinajstić information content (AvgIpc) is 2.46. The first-order valence-electron chi connectivity index (χ1n) is 6.42. The van der Waals surface area contributed by atoms with E-state index >= 15 is 0 Å². The lowest BCUT2D eigenvalue weighted by molar-refractivity contribution is -0.173. The fourth-order valence-electron chi connectivity index (χ4n) is 2.53. The molecular weight excluding hydrogens is 246 g/mol. The Morgan fingerprint density at radius 2 is 2.11 bits per heavy atom. The molecule has 2 unspecified atom stereocenters. The quantitative estimate of drug-likeness (QED) is 0.760. The van der Waals surface area contributed by atoms with Crippen molar-refractivity contribution in [1.29, 1.82) is 0 Å². The normalized spacial score (nSPS) is 25.1. The number of benzene rings is 1. The maximum atomic E-state index is 12.0. The highest BCUT2D eigenvalue weighted by molar-refractivity contribution is 5.83. The summed E-state index contributed by atoms with van der Waals surface area (Å²) in [5, 5.41) is 0. The topological polar surface area (TPSA) is 55.8 Å². The third-order valence-electron chi connectivity index (χ3n) is 3.53. The van der Waals surface area contributed by atoms with Gasteiger partial charge in [-0.15, -0.1) is 0 Å². The highest BCUT2D eigenvalue weighted by atomic mass is 16.6. The second-order valence-electron chi connectivity index (χ2n) is 4.84. The second-order valence-corrected chi connectivity index (χ2v) is 4.84. The number of hydrogen-bond donors (Lipinski definition) is 0. The second kappa shape index (κ2) is 4.91. The van der Waals surface area contributed by atoms with Crippen LogP contribution >= 0.6 is 0 Å². The molecule has 3 aliphatic rings. The minimum Gasteiger partial charge on any atom is -0.459 e. The largest absolute Gasteiger partial charge is 0.459 e. The number of piperidine rings is 1. The number of hydrogen-bond acceptors (Lipinski definition) is 4. The number of morpholine rings is 1. The third kappa shape index (κ3) is 2.41. The van der Waals surface area contributed by atoms with Gasteiger partial charge in [-0.2, -0.15) is 0 Å². The molecule has 0 aromatic heterocycles. The molecular formula is C14H15NO4. The zero-order valence-corrected chi connectivity index (χ0v) is 10.5. The number of nitrogens with zero attached hydrogens (tertiary/aromatic N) is 1. The molecule has 1 amide bonds. The fourth-order valence-corrected chi connectivity index (χ4v) is 2.53. The van der Waals surface area contributed by atoms with Crippen molar-refractivity contribution in [3.05, 3.63) is 35.9 Å². The van der Waals surface area contributed by atoms with E-state index in [0.717, 1.165) is 12.0 Å². The summed E-state index contributed by atoms with van der Waals surface area (Å²) in [6.45, 7) is 0.673. The van der Waals surface area contributed by atoms with E-state index in [0.29, 0.717) is 13.0 Å². The summed E-state index contributed by atoms with van der Waals surface area (Å²) in [5.41, 5.74) is 0.931. The molecule has 4 rings (SSSR count). The number of esters is 1. The summed E-state index contributed by atoms with van der Waals surface area (Å²) in [5.74, 6) is -0.306. The predicted molar refractivity (Wildman–Crippen MR) is 66.2 cm³/mol. The molecule has 1 aromatic rings. The molecule has 0 N–H and O–H groups in total. The smallest absolute Gasteiger partial charge is 0.410 e. The molecule has 2 bridgehead atoms. The van der Waals surface area contributed by atoms with E-state index in [1.807, 2.05) is 30.3 Å². The van der Waals surface area contributed by atoms with Gasteiger partial charge in [-0.3, -0.25) is 4.90 Å². The van der Waals surface area contributed by atoms with E-state index in [4.69, 9.17) is 9.47 Å². The first-order chi connectivity index (χ1) is 9.24. The van der Waals surface area contributed by atoms with Gasteiger partial charge in [0.25, 0.3) is 0 Å². The number of carbonyl (C=O) groups excluding carboxylic acids is 2. The molecule has 3 saturated heterocycles. The summed E-state index contributed by atoms with van der Waals surface area (Å²) < 4.78 is 10.4. The lowest BCUT2D eigenvalue weighted by Gasteiger charge is -2.42. The Bertz CT molecular complexity index is 487. The fraction of sp³-hybridized carbons (Fsp3) is 0.429. The third-order valence-corrected chi connectivity index (χ3v) is 3.53. The van der Waals surface area contributed by atoms with E-state index in [9.17, 15) is 9.59 Å². The molecule has 19 heavy (non-hydrogen) atoms. The molecule has 3 aliphatic heterocycles. The van der Waals surface area contributed by atoms with Crippen molar-refractivity contribution in [3.63, 3.8) is 0 Å². The van der Waals surface area contributed by atoms with Crippen LogP contribution < -0.4 is 0 Å². The summed E-state index contributed by atoms with van der Waals surface area (Å²) in [7, 11) is 0. The highest BCUT2D eigenvalue weighted by Gasteiger charge is 2.44. The summed E-state index contributed by atoms with van der Waals surface area (Å²) in [4.78, 5) is 25.1. The van der Waals surface area contributed by atoms with E-state index in [1.54, 1.807) is 0 Å². The molecule has 2 atom stereocenters. The van der Waals surface area contributed by atoms with Gasteiger partial charge in [0.15, 0.2) is 0 Å². The van der Waals surface area contributed by atoms with Crippen LogP contribution in [0.1, 0.15) is 18.4 Å². The molecule has 1 aromatic carbocycles. The highest BCUT2D eigenvalue weighted by Crippen LogP contribution is 2.27. The van der Waals surface area contributed by atoms with Gasteiger partial charge in [-0.05, 0) is 18.4 Å². The Labute approximate surface area is 111 Å². The first-order valence-corrected chi connectivity index (χ1v) is 6.42. The molecule has 0 spiro atoms. The summed E-state index contributed by atoms with van der Waals surface area (Å²) >= 11 is 0. The lowest BCUT2D eigenvalue weighted by Crippen LogP contribution is -2.59. The predicted octanol–water partition coefficient (Wildman–Crippen LogP) is 1.71. The van der Waals surface area contributed by atoms with Crippen molar-refractivity contribution in [2.75, 3.05) is 6.54 Å². The molecule has 0 radical (unpaired) electrons. The number of fused-ring (bicyclic) bond motifs is 3. The van der Waals surface area contributed by atoms with Crippen LogP contribution in [0.3, 0.4) is 0 Å². The van der Waals surface area contributed by atoms with Crippen molar-refractivity contribution in [1.82, 2.24) is 4.90 Å². The standard InChI is InChI=1S/C14H15NO4/c16-13-12-7-6-11(19-13)8-15(12)14(17)18-9-10-4-2-1-3-5-10/h1-5,11-12H,6-9H2. The lowest BCUT2D eigenvalue weighted by atomic mass is 9.97. The van der Waals surface area contributed by atoms with E-state index < -0.39 is 12.1 Å².